The van der Waals surface area contributed by atoms with Gasteiger partial charge < -0.3 is 37.3 Å². The summed E-state index contributed by atoms with van der Waals surface area (Å²) in [7, 11) is -5.03. The summed E-state index contributed by atoms with van der Waals surface area (Å²) < 4.78 is 62.8. The van der Waals surface area contributed by atoms with Crippen molar-refractivity contribution in [3.05, 3.63) is 195 Å². The Bertz CT molecular complexity index is 4430. The van der Waals surface area contributed by atoms with Crippen LogP contribution in [0.4, 0.5) is 11.6 Å². The largest absolute Gasteiger partial charge is 0.603 e. The zero-order valence-corrected chi connectivity index (χ0v) is 46.3. The first-order chi connectivity index (χ1) is 40.0. The molecular weight excluding hydrogens is 1080 g/mol. The predicted molar refractivity (Wildman–Crippen MR) is 301 cm³/mol. The van der Waals surface area contributed by atoms with Gasteiger partial charge in [0.25, 0.3) is 11.1 Å². The molecule has 4 aromatic carbocycles. The molecule has 0 amide bonds. The summed E-state index contributed by atoms with van der Waals surface area (Å²) in [4.78, 5) is 90.6. The van der Waals surface area contributed by atoms with E-state index in [1.165, 1.54) is 21.5 Å². The highest BCUT2D eigenvalue weighted by molar-refractivity contribution is 6.66. The molecule has 4 saturated heterocycles. The van der Waals surface area contributed by atoms with Gasteiger partial charge in [-0.25, -0.2) is 39.5 Å². The summed E-state index contributed by atoms with van der Waals surface area (Å²) in [6.07, 6.45) is -4.78. The first-order valence-corrected chi connectivity index (χ1v) is 28.9. The van der Waals surface area contributed by atoms with Crippen molar-refractivity contribution in [3.63, 3.8) is 0 Å². The minimum atomic E-state index is -5.03. The van der Waals surface area contributed by atoms with E-state index in [0.29, 0.717) is 67.5 Å². The van der Waals surface area contributed by atoms with Crippen LogP contribution in [0.5, 0.6) is 0 Å². The van der Waals surface area contributed by atoms with E-state index in [9.17, 15) is 19.2 Å². The molecular formula is C58H50N12O12Si. The van der Waals surface area contributed by atoms with E-state index in [4.69, 9.17) is 67.2 Å². The van der Waals surface area contributed by atoms with Crippen LogP contribution in [-0.4, -0.2) is 121 Å². The van der Waals surface area contributed by atoms with E-state index in [0.717, 1.165) is 22.3 Å². The van der Waals surface area contributed by atoms with Gasteiger partial charge in [-0.1, -0.05) is 97.1 Å². The van der Waals surface area contributed by atoms with Crippen LogP contribution in [0.2, 0.25) is 0 Å². The number of hydrogen-bond donors (Lipinski definition) is 2. The molecule has 8 aliphatic heterocycles. The molecule has 16 rings (SSSR count). The van der Waals surface area contributed by atoms with Crippen LogP contribution in [0.25, 0.3) is 21.5 Å². The lowest BCUT2D eigenvalue weighted by molar-refractivity contribution is -0.202. The van der Waals surface area contributed by atoms with Crippen LogP contribution in [0, 0.1) is 13.8 Å². The third-order valence-corrected chi connectivity index (χ3v) is 19.3. The van der Waals surface area contributed by atoms with Crippen LogP contribution >= 0.6 is 0 Å². The number of aromatic nitrogens is 6. The first-order valence-electron chi connectivity index (χ1n) is 27.2. The smallest absolute Gasteiger partial charge is 0.358 e. The molecule has 0 unspecified atom stereocenters. The average molecular weight is 1140 g/mol. The van der Waals surface area contributed by atoms with Gasteiger partial charge in [0.05, 0.1) is 13.2 Å². The monoisotopic (exact) mass is 1130 g/mol. The van der Waals surface area contributed by atoms with Gasteiger partial charge in [-0.05, 0) is 41.5 Å². The summed E-state index contributed by atoms with van der Waals surface area (Å²) in [5, 5.41) is 2.64. The summed E-state index contributed by atoms with van der Waals surface area (Å²) in [5.74, 6) is -0.123. The molecule has 24 nitrogen and oxygen atoms in total. The minimum absolute atomic E-state index is 0.279. The lowest BCUT2D eigenvalue weighted by Gasteiger charge is -2.35. The van der Waals surface area contributed by atoms with Crippen LogP contribution in [0.1, 0.15) is 73.5 Å². The Balaban J connectivity index is 0.991. The molecule has 4 fully saturated rings. The van der Waals surface area contributed by atoms with Gasteiger partial charge in [-0.3, -0.25) is 37.2 Å². The predicted octanol–water partition coefficient (Wildman–Crippen LogP) is 3.96. The van der Waals surface area contributed by atoms with E-state index in [-0.39, 0.29) is 24.3 Å². The molecule has 0 saturated carbocycles. The highest BCUT2D eigenvalue weighted by Crippen LogP contribution is 2.48. The molecule has 418 valence electrons. The van der Waals surface area contributed by atoms with E-state index in [1.807, 2.05) is 106 Å². The Morgan fingerprint density at radius 1 is 0.482 bits per heavy atom. The number of H-pyrrole nitrogens is 2. The summed E-state index contributed by atoms with van der Waals surface area (Å²) in [5.41, 5.74) is 1.72. The van der Waals surface area contributed by atoms with Crippen molar-refractivity contribution in [2.24, 2.45) is 30.0 Å². The van der Waals surface area contributed by atoms with Crippen molar-refractivity contribution in [2.75, 3.05) is 13.2 Å². The molecule has 8 aliphatic rings. The van der Waals surface area contributed by atoms with Crippen LogP contribution in [-0.2, 0) is 37.3 Å². The number of aliphatic imine (C=N–C) groups is 4. The lowest BCUT2D eigenvalue weighted by atomic mass is 10.1. The topological polar surface area (TPSA) is 268 Å². The van der Waals surface area contributed by atoms with Crippen molar-refractivity contribution in [1.82, 2.24) is 27.6 Å². The van der Waals surface area contributed by atoms with Crippen LogP contribution < -0.4 is 33.5 Å². The fraction of sp³-hybridized carbons (Fsp3) is 0.310. The Kier molecular flexibility index (Phi) is 10.7. The van der Waals surface area contributed by atoms with E-state index >= 15 is 0 Å². The number of ether oxygens (including phenoxy) is 6. The van der Waals surface area contributed by atoms with Crippen molar-refractivity contribution in [3.8, 4) is 0 Å². The zero-order valence-electron chi connectivity index (χ0n) is 45.3. The highest BCUT2D eigenvalue weighted by Gasteiger charge is 2.61. The second-order valence-electron chi connectivity index (χ2n) is 22.5. The third-order valence-electron chi connectivity index (χ3n) is 16.3. The van der Waals surface area contributed by atoms with E-state index < -0.39 is 92.0 Å². The third kappa shape index (κ3) is 7.52. The van der Waals surface area contributed by atoms with E-state index in [1.54, 1.807) is 41.5 Å². The van der Waals surface area contributed by atoms with Crippen molar-refractivity contribution in [1.29, 1.82) is 0 Å². The quantitative estimate of drug-likeness (QED) is 0.205. The molecule has 25 heteroatoms. The lowest BCUT2D eigenvalue weighted by Crippen LogP contribution is -2.65. The molecule has 0 aliphatic carbocycles. The number of fused-ring (bicyclic) bond motifs is 16. The van der Waals surface area contributed by atoms with Crippen molar-refractivity contribution in [2.45, 2.75) is 102 Å². The Morgan fingerprint density at radius 3 is 1.25 bits per heavy atom. The van der Waals surface area contributed by atoms with Gasteiger partial charge in [0.15, 0.2) is 47.4 Å². The molecule has 4 aromatic heterocycles. The zero-order chi connectivity index (χ0) is 56.6. The maximum Gasteiger partial charge on any atom is 0.603 e. The van der Waals surface area contributed by atoms with E-state index in [2.05, 4.69) is 9.97 Å². The molecule has 0 radical (unpaired) electrons. The molecule has 2 N–H and O–H groups in total. The fourth-order valence-electron chi connectivity index (χ4n) is 12.7. The number of nitrogens with one attached hydrogen (secondary N) is 2. The Labute approximate surface area is 469 Å². The maximum absolute atomic E-state index is 13.8. The standard InChI is InChI=1S/C58H50N12O12Si/c1-27-23-67(55(73)65-51(27)71)53-41-39(79-57(3,4)81-41)37(77-53)25-75-83(76-26-38-40-42(82-58(5,6)80-40)54(78-38)68-24-28(2)52(72)66-56(68)74)69-47-33-19-11-12-20-34(33)49(69)63-45-31-17-9-10-18-32(31)46(60-45)64-50-36-22-14-13-21-35(36)48(70(50)83)62-44-30-16-8-7-15-29(30)43(59-44)61-47/h7-24,37-42,53-54H,25-26H2,1-6H3,(H,65,71,73)(H,66,72,74)/t37-,38-,39-,40-,41-,42-,53-,54-/m1/s1. The number of hydrogen-bond acceptors (Lipinski definition) is 18. The number of rotatable bonds is 8. The van der Waals surface area contributed by atoms with Crippen LogP contribution in [0.3, 0.4) is 0 Å². The maximum atomic E-state index is 13.8. The molecule has 8 atom stereocenters. The molecule has 12 heterocycles. The Hall–Kier alpha value is -8.50. The van der Waals surface area contributed by atoms with Crippen molar-refractivity contribution < 1.29 is 37.3 Å². The number of nitrogens with zero attached hydrogens (tertiary/aromatic N) is 10. The molecule has 8 aromatic rings. The minimum Gasteiger partial charge on any atom is -0.358 e. The number of amidine groups is 4. The number of aromatic amines is 2. The average Bonchev–Trinajstić information content (AvgIpc) is 1.85. The van der Waals surface area contributed by atoms with Gasteiger partial charge in [0, 0.05) is 67.3 Å². The van der Waals surface area contributed by atoms with Gasteiger partial charge in [-0.15, -0.1) is 0 Å². The van der Waals surface area contributed by atoms with Gasteiger partial charge in [0.2, 0.25) is 0 Å². The van der Waals surface area contributed by atoms with Gasteiger partial charge in [-0.2, -0.15) is 0 Å². The summed E-state index contributed by atoms with van der Waals surface area (Å²) in [6.45, 7) is 9.69. The fourth-order valence-corrected chi connectivity index (χ4v) is 16.0. The first kappa shape index (κ1) is 50.2. The molecule has 0 spiro atoms. The van der Waals surface area contributed by atoms with Crippen molar-refractivity contribution >= 4 is 65.4 Å². The van der Waals surface area contributed by atoms with Crippen LogP contribution in [0.15, 0.2) is 159 Å². The SMILES string of the molecule is Cc1cn([C@@H]2O[C@H](CO[Si]3(OC[C@H]4O[C@@H](n5cc(C)c(=O)[nH]c5=O)[C@@H]5OC(C)(C)O[C@@H]54)n4c5c6ccccc6c4N=C4N=C(N=c6c7ccccc7c(n63)=NC3=NC(=N5)c5ccccc53)c3ccccc34)[C@H]3OC(C)(C)O[C@H]32)c(=O)[nH]c1=O. The van der Waals surface area contributed by atoms with Gasteiger partial charge in [0.1, 0.15) is 59.2 Å². The number of benzene rings is 4. The molecule has 83 heavy (non-hydrogen) atoms. The Morgan fingerprint density at radius 2 is 0.843 bits per heavy atom. The summed E-state index contributed by atoms with van der Waals surface area (Å²) in [6, 6.07) is 31.1. The second-order valence-corrected chi connectivity index (χ2v) is 25.1. The van der Waals surface area contributed by atoms with Gasteiger partial charge >= 0.3 is 20.3 Å². The highest BCUT2D eigenvalue weighted by atomic mass is 28.4. The number of aryl methyl sites for hydroxylation is 2. The normalized spacial score (nSPS) is 27.3. The summed E-state index contributed by atoms with van der Waals surface area (Å²) >= 11 is 0. The second kappa shape index (κ2) is 17.8. The molecule has 6 bridgehead atoms.